The molecule has 0 spiro atoms. The maximum absolute atomic E-state index is 5.93. The molecule has 1 aromatic heterocycles. The summed E-state index contributed by atoms with van der Waals surface area (Å²) < 4.78 is 0.926. The van der Waals surface area contributed by atoms with Gasteiger partial charge in [0.1, 0.15) is 5.82 Å². The van der Waals surface area contributed by atoms with E-state index in [9.17, 15) is 0 Å². The van der Waals surface area contributed by atoms with Crippen molar-refractivity contribution in [1.82, 2.24) is 10.2 Å². The molecule has 0 atom stereocenters. The first-order valence-electron chi connectivity index (χ1n) is 5.30. The van der Waals surface area contributed by atoms with Crippen LogP contribution in [0.2, 0.25) is 5.02 Å². The van der Waals surface area contributed by atoms with Gasteiger partial charge in [-0.25, -0.2) is 0 Å². The summed E-state index contributed by atoms with van der Waals surface area (Å²) in [5.74, 6) is 0.864. The first-order chi connectivity index (χ1) is 8.00. The van der Waals surface area contributed by atoms with Gasteiger partial charge in [-0.3, -0.25) is 5.10 Å². The Labute approximate surface area is 113 Å². The Morgan fingerprint density at radius 3 is 2.71 bits per heavy atom. The van der Waals surface area contributed by atoms with Gasteiger partial charge in [-0.15, -0.1) is 0 Å². The van der Waals surface area contributed by atoms with Gasteiger partial charge in [0.15, 0.2) is 0 Å². The molecule has 0 amide bonds. The third-order valence-electron chi connectivity index (χ3n) is 2.61. The first kappa shape index (κ1) is 12.5. The third-order valence-corrected chi connectivity index (χ3v) is 3.50. The van der Waals surface area contributed by atoms with Crippen LogP contribution >= 0.6 is 27.5 Å². The lowest BCUT2D eigenvalue weighted by Crippen LogP contribution is -1.95. The second-order valence-electron chi connectivity index (χ2n) is 4.18. The number of halogens is 2. The Bertz CT molecular complexity index is 549. The number of benzene rings is 1. The average Bonchev–Trinajstić information content (AvgIpc) is 2.60. The van der Waals surface area contributed by atoms with Crippen LogP contribution < -0.4 is 5.73 Å². The van der Waals surface area contributed by atoms with Crippen LogP contribution in [0, 0.1) is 0 Å². The molecule has 17 heavy (non-hydrogen) atoms. The van der Waals surface area contributed by atoms with E-state index < -0.39 is 0 Å². The quantitative estimate of drug-likeness (QED) is 0.873. The predicted molar refractivity (Wildman–Crippen MR) is 75.2 cm³/mol. The number of nitrogens with zero attached hydrogens (tertiary/aromatic N) is 1. The topological polar surface area (TPSA) is 54.7 Å². The molecule has 2 rings (SSSR count). The number of aromatic amines is 1. The molecule has 0 unspecified atom stereocenters. The summed E-state index contributed by atoms with van der Waals surface area (Å²) >= 11 is 9.43. The van der Waals surface area contributed by atoms with Crippen molar-refractivity contribution in [3.63, 3.8) is 0 Å². The lowest BCUT2D eigenvalue weighted by atomic mass is 9.99. The summed E-state index contributed by atoms with van der Waals surface area (Å²) in [5, 5.41) is 7.75. The summed E-state index contributed by atoms with van der Waals surface area (Å²) in [7, 11) is 0. The number of rotatable bonds is 2. The van der Waals surface area contributed by atoms with Crippen molar-refractivity contribution in [1.29, 1.82) is 0 Å². The van der Waals surface area contributed by atoms with Crippen LogP contribution in [-0.4, -0.2) is 10.2 Å². The predicted octanol–water partition coefficient (Wildman–Crippen LogP) is 4.20. The van der Waals surface area contributed by atoms with Crippen molar-refractivity contribution in [2.24, 2.45) is 0 Å². The third kappa shape index (κ3) is 2.33. The molecule has 2 aromatic rings. The minimum Gasteiger partial charge on any atom is -0.382 e. The van der Waals surface area contributed by atoms with Crippen LogP contribution in [-0.2, 0) is 0 Å². The van der Waals surface area contributed by atoms with Gasteiger partial charge in [0.2, 0.25) is 0 Å². The van der Waals surface area contributed by atoms with Crippen molar-refractivity contribution < 1.29 is 0 Å². The van der Waals surface area contributed by atoms with Crippen molar-refractivity contribution in [2.75, 3.05) is 5.73 Å². The highest BCUT2D eigenvalue weighted by molar-refractivity contribution is 9.10. The van der Waals surface area contributed by atoms with Gasteiger partial charge in [-0.2, -0.15) is 5.10 Å². The van der Waals surface area contributed by atoms with E-state index in [0.29, 0.717) is 16.8 Å². The van der Waals surface area contributed by atoms with Crippen LogP contribution in [0.3, 0.4) is 0 Å². The second kappa shape index (κ2) is 4.70. The van der Waals surface area contributed by atoms with Gasteiger partial charge in [0.05, 0.1) is 5.69 Å². The van der Waals surface area contributed by atoms with Gasteiger partial charge in [-0.1, -0.05) is 47.4 Å². The maximum Gasteiger partial charge on any atom is 0.149 e. The molecule has 0 bridgehead atoms. The second-order valence-corrected chi connectivity index (χ2v) is 5.47. The number of hydrogen-bond donors (Lipinski definition) is 2. The molecule has 0 saturated carbocycles. The molecule has 5 heteroatoms. The fourth-order valence-corrected chi connectivity index (χ4v) is 2.73. The van der Waals surface area contributed by atoms with E-state index in [1.165, 1.54) is 0 Å². The summed E-state index contributed by atoms with van der Waals surface area (Å²) in [6.45, 7) is 4.18. The minimum absolute atomic E-state index is 0.311. The molecule has 0 aliphatic rings. The van der Waals surface area contributed by atoms with Crippen LogP contribution in [0.5, 0.6) is 0 Å². The van der Waals surface area contributed by atoms with E-state index in [1.54, 1.807) is 0 Å². The number of anilines is 1. The number of nitrogen functional groups attached to an aromatic ring is 1. The Morgan fingerprint density at radius 1 is 1.41 bits per heavy atom. The summed E-state index contributed by atoms with van der Waals surface area (Å²) in [6.07, 6.45) is 0. The van der Waals surface area contributed by atoms with Crippen LogP contribution in [0.25, 0.3) is 11.3 Å². The van der Waals surface area contributed by atoms with Crippen molar-refractivity contribution >= 4 is 33.3 Å². The van der Waals surface area contributed by atoms with E-state index in [-0.39, 0.29) is 0 Å². The van der Waals surface area contributed by atoms with Gasteiger partial charge in [0.25, 0.3) is 0 Å². The minimum atomic E-state index is 0.311. The molecule has 0 saturated heterocycles. The van der Waals surface area contributed by atoms with E-state index in [4.69, 9.17) is 17.3 Å². The Balaban J connectivity index is 2.61. The average molecular weight is 315 g/mol. The number of nitrogens with one attached hydrogen (secondary N) is 1. The van der Waals surface area contributed by atoms with Crippen molar-refractivity contribution in [3.8, 4) is 11.3 Å². The monoisotopic (exact) mass is 313 g/mol. The van der Waals surface area contributed by atoms with Crippen LogP contribution in [0.1, 0.15) is 25.3 Å². The zero-order valence-electron chi connectivity index (χ0n) is 9.59. The Hall–Kier alpha value is -1.000. The highest BCUT2D eigenvalue weighted by Crippen LogP contribution is 2.36. The number of nitrogens with two attached hydrogens (primary N) is 1. The molecule has 1 heterocycles. The highest BCUT2D eigenvalue weighted by atomic mass is 79.9. The molecule has 0 fully saturated rings. The summed E-state index contributed by atoms with van der Waals surface area (Å²) in [6, 6.07) is 5.66. The molecule has 3 nitrogen and oxygen atoms in total. The molecular weight excluding hydrogens is 302 g/mol. The highest BCUT2D eigenvalue weighted by Gasteiger charge is 2.17. The van der Waals surface area contributed by atoms with Crippen molar-refractivity contribution in [3.05, 3.63) is 33.3 Å². The SMILES string of the molecule is CC(C)c1c(N)n[nH]c1-c1ccc(Cl)cc1Br. The normalized spacial score (nSPS) is 11.1. The molecule has 0 aliphatic carbocycles. The van der Waals surface area contributed by atoms with Gasteiger partial charge in [0, 0.05) is 20.6 Å². The molecule has 0 aliphatic heterocycles. The molecule has 90 valence electrons. The molecule has 1 aromatic carbocycles. The largest absolute Gasteiger partial charge is 0.382 e. The fourth-order valence-electron chi connectivity index (χ4n) is 1.85. The first-order valence-corrected chi connectivity index (χ1v) is 6.47. The summed E-state index contributed by atoms with van der Waals surface area (Å²) in [5.41, 5.74) is 8.87. The van der Waals surface area contributed by atoms with E-state index in [2.05, 4.69) is 40.0 Å². The maximum atomic E-state index is 5.93. The zero-order valence-corrected chi connectivity index (χ0v) is 11.9. The fraction of sp³-hybridized carbons (Fsp3) is 0.250. The molecular formula is C12H13BrClN3. The van der Waals surface area contributed by atoms with Crippen LogP contribution in [0.4, 0.5) is 5.82 Å². The number of H-pyrrole nitrogens is 1. The lowest BCUT2D eigenvalue weighted by Gasteiger charge is -2.09. The smallest absolute Gasteiger partial charge is 0.149 e. The number of hydrogen-bond acceptors (Lipinski definition) is 2. The van der Waals surface area contributed by atoms with Crippen LogP contribution in [0.15, 0.2) is 22.7 Å². The standard InChI is InChI=1S/C12H13BrClN3/c1-6(2)10-11(16-17-12(10)15)8-4-3-7(14)5-9(8)13/h3-6H,1-2H3,(H3,15,16,17). The van der Waals surface area contributed by atoms with E-state index >= 15 is 0 Å². The molecule has 3 N–H and O–H groups in total. The Morgan fingerprint density at radius 2 is 2.12 bits per heavy atom. The van der Waals surface area contributed by atoms with Gasteiger partial charge in [-0.05, 0) is 18.1 Å². The van der Waals surface area contributed by atoms with Crippen molar-refractivity contribution in [2.45, 2.75) is 19.8 Å². The van der Waals surface area contributed by atoms with E-state index in [0.717, 1.165) is 21.3 Å². The molecule has 0 radical (unpaired) electrons. The van der Waals surface area contributed by atoms with E-state index in [1.807, 2.05) is 18.2 Å². The van der Waals surface area contributed by atoms with Gasteiger partial charge < -0.3 is 5.73 Å². The number of aromatic nitrogens is 2. The lowest BCUT2D eigenvalue weighted by molar-refractivity contribution is 0.873. The van der Waals surface area contributed by atoms with Gasteiger partial charge >= 0.3 is 0 Å². The Kier molecular flexibility index (Phi) is 3.45. The summed E-state index contributed by atoms with van der Waals surface area (Å²) in [4.78, 5) is 0. The zero-order chi connectivity index (χ0) is 12.6.